The van der Waals surface area contributed by atoms with Crippen molar-refractivity contribution >= 4 is 5.91 Å². The maximum atomic E-state index is 12.0. The molecule has 1 amide bonds. The van der Waals surface area contributed by atoms with Crippen molar-refractivity contribution in [1.29, 1.82) is 5.26 Å². The molecule has 0 radical (unpaired) electrons. The van der Waals surface area contributed by atoms with Gasteiger partial charge >= 0.3 is 0 Å². The molecule has 0 aliphatic carbocycles. The zero-order chi connectivity index (χ0) is 15.9. The Bertz CT molecular complexity index is 684. The molecule has 2 rings (SSSR count). The van der Waals surface area contributed by atoms with Crippen molar-refractivity contribution in [1.82, 2.24) is 10.2 Å². The molecular formula is C18H19N3O. The highest BCUT2D eigenvalue weighted by Gasteiger charge is 2.06. The van der Waals surface area contributed by atoms with E-state index in [-0.39, 0.29) is 5.91 Å². The molecule has 112 valence electrons. The van der Waals surface area contributed by atoms with Crippen LogP contribution in [0.5, 0.6) is 0 Å². The van der Waals surface area contributed by atoms with Crippen molar-refractivity contribution in [3.8, 4) is 17.2 Å². The summed E-state index contributed by atoms with van der Waals surface area (Å²) in [4.78, 5) is 14.0. The van der Waals surface area contributed by atoms with Crippen LogP contribution in [0, 0.1) is 11.3 Å². The molecular weight excluding hydrogens is 274 g/mol. The summed E-state index contributed by atoms with van der Waals surface area (Å²) in [5.74, 6) is -0.0702. The van der Waals surface area contributed by atoms with Gasteiger partial charge in [0.05, 0.1) is 11.6 Å². The predicted octanol–water partition coefficient (Wildman–Crippen LogP) is 2.52. The Morgan fingerprint density at radius 2 is 1.86 bits per heavy atom. The number of hydrogen-bond acceptors (Lipinski definition) is 3. The molecule has 0 saturated carbocycles. The maximum Gasteiger partial charge on any atom is 0.251 e. The quantitative estimate of drug-likeness (QED) is 0.921. The van der Waals surface area contributed by atoms with Crippen LogP contribution in [0.4, 0.5) is 0 Å². The molecule has 0 heterocycles. The molecule has 0 unspecified atom stereocenters. The highest BCUT2D eigenvalue weighted by atomic mass is 16.1. The Hall–Kier alpha value is -2.64. The summed E-state index contributed by atoms with van der Waals surface area (Å²) in [6, 6.07) is 17.0. The molecule has 0 saturated heterocycles. The molecule has 0 bridgehead atoms. The van der Waals surface area contributed by atoms with E-state index in [1.165, 1.54) is 0 Å². The lowest BCUT2D eigenvalue weighted by Gasteiger charge is -2.10. The molecule has 4 nitrogen and oxygen atoms in total. The summed E-state index contributed by atoms with van der Waals surface area (Å²) in [6.07, 6.45) is 0. The fourth-order valence-corrected chi connectivity index (χ4v) is 2.08. The first-order valence-corrected chi connectivity index (χ1v) is 7.13. The number of nitrogens with zero attached hydrogens (tertiary/aromatic N) is 2. The topological polar surface area (TPSA) is 56.1 Å². The Balaban J connectivity index is 2.06. The Morgan fingerprint density at radius 3 is 2.50 bits per heavy atom. The molecule has 1 N–H and O–H groups in total. The Morgan fingerprint density at radius 1 is 1.14 bits per heavy atom. The highest BCUT2D eigenvalue weighted by molar-refractivity contribution is 5.94. The summed E-state index contributed by atoms with van der Waals surface area (Å²) in [7, 11) is 3.94. The van der Waals surface area contributed by atoms with Gasteiger partial charge in [0.1, 0.15) is 0 Å². The van der Waals surface area contributed by atoms with E-state index in [2.05, 4.69) is 11.4 Å². The first-order valence-electron chi connectivity index (χ1n) is 7.13. The maximum absolute atomic E-state index is 12.0. The molecule has 0 aliphatic rings. The van der Waals surface area contributed by atoms with Gasteiger partial charge in [-0.1, -0.05) is 24.3 Å². The minimum atomic E-state index is -0.0702. The lowest BCUT2D eigenvalue weighted by molar-refractivity contribution is 0.0951. The van der Waals surface area contributed by atoms with Gasteiger partial charge in [-0.2, -0.15) is 5.26 Å². The molecule has 2 aromatic rings. The predicted molar refractivity (Wildman–Crippen MR) is 87.5 cm³/mol. The average Bonchev–Trinajstić information content (AvgIpc) is 2.54. The van der Waals surface area contributed by atoms with Crippen molar-refractivity contribution in [2.45, 2.75) is 0 Å². The van der Waals surface area contributed by atoms with Crippen LogP contribution < -0.4 is 5.32 Å². The van der Waals surface area contributed by atoms with Crippen molar-refractivity contribution in [2.75, 3.05) is 27.2 Å². The molecule has 22 heavy (non-hydrogen) atoms. The summed E-state index contributed by atoms with van der Waals surface area (Å²) < 4.78 is 0. The smallest absolute Gasteiger partial charge is 0.251 e. The summed E-state index contributed by atoms with van der Waals surface area (Å²) in [6.45, 7) is 1.43. The van der Waals surface area contributed by atoms with Crippen LogP contribution in [0.2, 0.25) is 0 Å². The van der Waals surface area contributed by atoms with Gasteiger partial charge in [0.2, 0.25) is 0 Å². The monoisotopic (exact) mass is 293 g/mol. The van der Waals surface area contributed by atoms with E-state index in [0.29, 0.717) is 17.7 Å². The van der Waals surface area contributed by atoms with E-state index in [9.17, 15) is 4.79 Å². The SMILES string of the molecule is CN(C)CCNC(=O)c1ccc(-c2cccc(C#N)c2)cc1. The largest absolute Gasteiger partial charge is 0.351 e. The molecule has 0 aromatic heterocycles. The molecule has 4 heteroatoms. The van der Waals surface area contributed by atoms with Gasteiger partial charge in [-0.05, 0) is 49.5 Å². The fourth-order valence-electron chi connectivity index (χ4n) is 2.08. The first-order chi connectivity index (χ1) is 10.6. The van der Waals surface area contributed by atoms with Gasteiger partial charge in [0.15, 0.2) is 0 Å². The summed E-state index contributed by atoms with van der Waals surface area (Å²) >= 11 is 0. The number of rotatable bonds is 5. The van der Waals surface area contributed by atoms with Crippen LogP contribution in [0.1, 0.15) is 15.9 Å². The number of likely N-dealkylation sites (N-methyl/N-ethyl adjacent to an activating group) is 1. The standard InChI is InChI=1S/C18H19N3O/c1-21(2)11-10-20-18(22)16-8-6-15(7-9-16)17-5-3-4-14(12-17)13-19/h3-9,12H,10-11H2,1-2H3,(H,20,22). The van der Waals surface area contributed by atoms with Gasteiger partial charge < -0.3 is 10.2 Å². The van der Waals surface area contributed by atoms with Crippen LogP contribution in [0.15, 0.2) is 48.5 Å². The van der Waals surface area contributed by atoms with E-state index in [1.807, 2.05) is 49.3 Å². The van der Waals surface area contributed by atoms with E-state index in [0.717, 1.165) is 17.7 Å². The second-order valence-electron chi connectivity index (χ2n) is 5.33. The molecule has 2 aromatic carbocycles. The summed E-state index contributed by atoms with van der Waals surface area (Å²) in [5.41, 5.74) is 3.22. The first kappa shape index (κ1) is 15.7. The summed E-state index contributed by atoms with van der Waals surface area (Å²) in [5, 5.41) is 11.8. The molecule has 0 aliphatic heterocycles. The van der Waals surface area contributed by atoms with E-state index in [4.69, 9.17) is 5.26 Å². The van der Waals surface area contributed by atoms with Crippen LogP contribution in [-0.2, 0) is 0 Å². The van der Waals surface area contributed by atoms with Crippen LogP contribution in [0.3, 0.4) is 0 Å². The van der Waals surface area contributed by atoms with Crippen molar-refractivity contribution in [2.24, 2.45) is 0 Å². The lowest BCUT2D eigenvalue weighted by Crippen LogP contribution is -2.31. The molecule has 0 fully saturated rings. The number of nitriles is 1. The lowest BCUT2D eigenvalue weighted by atomic mass is 10.0. The van der Waals surface area contributed by atoms with Crippen LogP contribution in [-0.4, -0.2) is 38.0 Å². The number of carbonyl (C=O) groups excluding carboxylic acids is 1. The normalized spacial score (nSPS) is 10.3. The third-order valence-corrected chi connectivity index (χ3v) is 3.32. The van der Waals surface area contributed by atoms with Gasteiger partial charge in [0.25, 0.3) is 5.91 Å². The Kier molecular flexibility index (Phi) is 5.29. The van der Waals surface area contributed by atoms with Crippen molar-refractivity contribution in [3.05, 3.63) is 59.7 Å². The average molecular weight is 293 g/mol. The number of nitrogens with one attached hydrogen (secondary N) is 1. The van der Waals surface area contributed by atoms with E-state index >= 15 is 0 Å². The second kappa shape index (κ2) is 7.39. The van der Waals surface area contributed by atoms with Gasteiger partial charge in [-0.15, -0.1) is 0 Å². The van der Waals surface area contributed by atoms with Crippen LogP contribution >= 0.6 is 0 Å². The number of amides is 1. The van der Waals surface area contributed by atoms with Crippen LogP contribution in [0.25, 0.3) is 11.1 Å². The minimum Gasteiger partial charge on any atom is -0.351 e. The third-order valence-electron chi connectivity index (χ3n) is 3.32. The second-order valence-corrected chi connectivity index (χ2v) is 5.33. The van der Waals surface area contributed by atoms with Gasteiger partial charge in [-0.25, -0.2) is 0 Å². The van der Waals surface area contributed by atoms with Crippen molar-refractivity contribution < 1.29 is 4.79 Å². The third kappa shape index (κ3) is 4.18. The van der Waals surface area contributed by atoms with E-state index in [1.54, 1.807) is 18.2 Å². The van der Waals surface area contributed by atoms with Gasteiger partial charge in [0, 0.05) is 18.7 Å². The van der Waals surface area contributed by atoms with E-state index < -0.39 is 0 Å². The molecule has 0 atom stereocenters. The van der Waals surface area contributed by atoms with Crippen molar-refractivity contribution in [3.63, 3.8) is 0 Å². The molecule has 0 spiro atoms. The highest BCUT2D eigenvalue weighted by Crippen LogP contribution is 2.20. The number of benzene rings is 2. The zero-order valence-corrected chi connectivity index (χ0v) is 12.8. The zero-order valence-electron chi connectivity index (χ0n) is 12.8. The minimum absolute atomic E-state index is 0.0702. The Labute approximate surface area is 131 Å². The fraction of sp³-hybridized carbons (Fsp3) is 0.222. The number of carbonyl (C=O) groups is 1. The van der Waals surface area contributed by atoms with Gasteiger partial charge in [-0.3, -0.25) is 4.79 Å². The number of hydrogen-bond donors (Lipinski definition) is 1.